The van der Waals surface area contributed by atoms with Gasteiger partial charge >= 0.3 is 7.82 Å². The lowest BCUT2D eigenvalue weighted by atomic mass is 10.0. The first-order valence-corrected chi connectivity index (χ1v) is 23.9. The first-order valence-electron chi connectivity index (χ1n) is 22.4. The number of allylic oxidation sites excluding steroid dienone is 9. The number of carbonyl (C=O) groups excluding carboxylic acids is 1. The van der Waals surface area contributed by atoms with E-state index in [2.05, 4.69) is 67.8 Å². The van der Waals surface area contributed by atoms with E-state index in [1.54, 1.807) is 6.08 Å². The van der Waals surface area contributed by atoms with Crippen molar-refractivity contribution in [3.63, 3.8) is 0 Å². The molecular weight excluding hydrogens is 707 g/mol. The molecule has 9 heteroatoms. The molecule has 8 nitrogen and oxygen atoms in total. The highest BCUT2D eigenvalue weighted by atomic mass is 31.2. The van der Waals surface area contributed by atoms with E-state index in [1.165, 1.54) is 96.3 Å². The van der Waals surface area contributed by atoms with Crippen LogP contribution in [0.1, 0.15) is 194 Å². The summed E-state index contributed by atoms with van der Waals surface area (Å²) < 4.78 is 22.1. The van der Waals surface area contributed by atoms with Gasteiger partial charge in [-0.05, 0) is 64.2 Å². The molecule has 0 saturated carbocycles. The maximum Gasteiger partial charge on any atom is 0.472 e. The van der Waals surface area contributed by atoms with Gasteiger partial charge in [-0.2, -0.15) is 0 Å². The topological polar surface area (TPSA) is 131 Å². The van der Waals surface area contributed by atoms with Gasteiger partial charge in [0.05, 0.1) is 25.4 Å². The number of carbonyl (C=O) groups is 1. The van der Waals surface area contributed by atoms with E-state index in [-0.39, 0.29) is 25.7 Å². The Balaban J connectivity index is 4.26. The second-order valence-corrected chi connectivity index (χ2v) is 16.3. The Morgan fingerprint density at radius 3 is 1.62 bits per heavy atom. The van der Waals surface area contributed by atoms with E-state index in [1.807, 2.05) is 6.08 Å². The number of aliphatic hydroxyl groups is 1. The van der Waals surface area contributed by atoms with Crippen LogP contribution in [0.15, 0.2) is 60.8 Å². The number of phosphoric ester groups is 1. The standard InChI is InChI=1S/C46H85N2O6P/c1-3-5-7-9-11-13-15-17-19-20-21-22-23-24-26-27-29-31-33-35-37-39-45(49)44(43-54-55(51,52)53-42-41-47)48-46(50)40-38-36-34-32-30-28-25-18-16-14-12-10-8-6-4-2/h6,8,12,14,18,25,29,31,37,39,44-45,49H,3-5,7,9-11,13,15-17,19-24,26-28,30,32-36,38,40-43,47H2,1-2H3,(H,48,50)(H,51,52)/b8-6-,14-12-,25-18-,31-29+,39-37+. The Kier molecular flexibility index (Phi) is 40.5. The molecule has 0 aliphatic rings. The zero-order chi connectivity index (χ0) is 40.3. The summed E-state index contributed by atoms with van der Waals surface area (Å²) in [5, 5.41) is 13.6. The Hall–Kier alpha value is -1.80. The van der Waals surface area contributed by atoms with E-state index >= 15 is 0 Å². The number of rotatable bonds is 41. The van der Waals surface area contributed by atoms with Crippen molar-refractivity contribution < 1.29 is 28.4 Å². The molecule has 0 fully saturated rings. The van der Waals surface area contributed by atoms with Gasteiger partial charge < -0.3 is 21.1 Å². The predicted molar refractivity (Wildman–Crippen MR) is 235 cm³/mol. The number of phosphoric acid groups is 1. The summed E-state index contributed by atoms with van der Waals surface area (Å²) in [4.78, 5) is 22.7. The fourth-order valence-electron chi connectivity index (χ4n) is 6.22. The highest BCUT2D eigenvalue weighted by molar-refractivity contribution is 7.47. The number of amides is 1. The summed E-state index contributed by atoms with van der Waals surface area (Å²) in [6, 6.07) is -0.888. The summed E-state index contributed by atoms with van der Waals surface area (Å²) in [5.74, 6) is -0.223. The molecule has 0 saturated heterocycles. The second-order valence-electron chi connectivity index (χ2n) is 14.9. The number of nitrogens with two attached hydrogens (primary N) is 1. The van der Waals surface area contributed by atoms with Crippen molar-refractivity contribution >= 4 is 13.7 Å². The number of hydrogen-bond donors (Lipinski definition) is 4. The minimum atomic E-state index is -4.35. The smallest absolute Gasteiger partial charge is 0.387 e. The molecule has 0 aromatic rings. The summed E-state index contributed by atoms with van der Waals surface area (Å²) >= 11 is 0. The summed E-state index contributed by atoms with van der Waals surface area (Å²) in [6.07, 6.45) is 52.8. The van der Waals surface area contributed by atoms with Crippen molar-refractivity contribution in [3.05, 3.63) is 60.8 Å². The Labute approximate surface area is 338 Å². The fraction of sp³-hybridized carbons (Fsp3) is 0.761. The molecule has 3 atom stereocenters. The van der Waals surface area contributed by atoms with Crippen LogP contribution in [-0.4, -0.2) is 47.8 Å². The third-order valence-electron chi connectivity index (χ3n) is 9.58. The minimum Gasteiger partial charge on any atom is -0.387 e. The highest BCUT2D eigenvalue weighted by Gasteiger charge is 2.26. The molecule has 0 radical (unpaired) electrons. The van der Waals surface area contributed by atoms with Crippen molar-refractivity contribution in [2.45, 2.75) is 206 Å². The molecule has 1 amide bonds. The maximum absolute atomic E-state index is 12.7. The Morgan fingerprint density at radius 2 is 1.07 bits per heavy atom. The van der Waals surface area contributed by atoms with Gasteiger partial charge in [-0.3, -0.25) is 13.8 Å². The number of aliphatic hydroxyl groups excluding tert-OH is 1. The largest absolute Gasteiger partial charge is 0.472 e. The molecule has 0 heterocycles. The summed E-state index contributed by atoms with van der Waals surface area (Å²) in [7, 11) is -4.35. The van der Waals surface area contributed by atoms with Crippen molar-refractivity contribution in [2.24, 2.45) is 5.73 Å². The Bertz CT molecular complexity index is 1040. The molecule has 0 aromatic carbocycles. The average Bonchev–Trinajstić information content (AvgIpc) is 3.17. The molecule has 0 aliphatic carbocycles. The van der Waals surface area contributed by atoms with Crippen LogP contribution in [0.5, 0.6) is 0 Å². The van der Waals surface area contributed by atoms with Crippen LogP contribution in [0, 0.1) is 0 Å². The monoisotopic (exact) mass is 793 g/mol. The lowest BCUT2D eigenvalue weighted by Gasteiger charge is -2.23. The average molecular weight is 793 g/mol. The van der Waals surface area contributed by atoms with Crippen molar-refractivity contribution in [3.8, 4) is 0 Å². The summed E-state index contributed by atoms with van der Waals surface area (Å²) in [6.45, 7) is 3.99. The normalized spacial score (nSPS) is 14.6. The van der Waals surface area contributed by atoms with Gasteiger partial charge in [0.1, 0.15) is 0 Å². The van der Waals surface area contributed by atoms with Crippen molar-refractivity contribution in [2.75, 3.05) is 19.8 Å². The van der Waals surface area contributed by atoms with Gasteiger partial charge in [-0.1, -0.05) is 184 Å². The number of hydrogen-bond acceptors (Lipinski definition) is 6. The van der Waals surface area contributed by atoms with Crippen molar-refractivity contribution in [1.29, 1.82) is 0 Å². The molecule has 55 heavy (non-hydrogen) atoms. The lowest BCUT2D eigenvalue weighted by molar-refractivity contribution is -0.123. The van der Waals surface area contributed by atoms with Crippen LogP contribution in [0.4, 0.5) is 0 Å². The quantitative estimate of drug-likeness (QED) is 0.0275. The third kappa shape index (κ3) is 40.2. The van der Waals surface area contributed by atoms with E-state index in [0.29, 0.717) is 6.42 Å². The van der Waals surface area contributed by atoms with E-state index in [9.17, 15) is 19.4 Å². The van der Waals surface area contributed by atoms with E-state index in [4.69, 9.17) is 14.8 Å². The minimum absolute atomic E-state index is 0.0685. The molecule has 320 valence electrons. The van der Waals surface area contributed by atoms with Gasteiger partial charge in [0.2, 0.25) is 5.91 Å². The van der Waals surface area contributed by atoms with Crippen LogP contribution >= 0.6 is 7.82 Å². The summed E-state index contributed by atoms with van der Waals surface area (Å²) in [5.41, 5.74) is 5.37. The first kappa shape index (κ1) is 53.2. The van der Waals surface area contributed by atoms with Crippen LogP contribution in [-0.2, 0) is 18.4 Å². The lowest BCUT2D eigenvalue weighted by Crippen LogP contribution is -2.45. The fourth-order valence-corrected chi connectivity index (χ4v) is 6.98. The number of nitrogens with one attached hydrogen (secondary N) is 1. The van der Waals surface area contributed by atoms with Gasteiger partial charge in [-0.25, -0.2) is 4.57 Å². The van der Waals surface area contributed by atoms with Crippen LogP contribution in [0.2, 0.25) is 0 Å². The van der Waals surface area contributed by atoms with Crippen LogP contribution < -0.4 is 11.1 Å². The molecule has 5 N–H and O–H groups in total. The zero-order valence-electron chi connectivity index (χ0n) is 35.4. The SMILES string of the molecule is CC/C=C\C/C=C\C/C=C\CCCCCCCC(=O)NC(COP(=O)(O)OCCN)C(O)/C=C/CC/C=C/CCCCCCCCCCCCCCCCC. The Morgan fingerprint density at radius 1 is 0.618 bits per heavy atom. The zero-order valence-corrected chi connectivity index (χ0v) is 36.3. The maximum atomic E-state index is 12.7. The van der Waals surface area contributed by atoms with Gasteiger partial charge in [0, 0.05) is 13.0 Å². The van der Waals surface area contributed by atoms with E-state index in [0.717, 1.165) is 77.0 Å². The molecule has 0 aromatic heterocycles. The number of unbranched alkanes of at least 4 members (excludes halogenated alkanes) is 21. The predicted octanol–water partition coefficient (Wildman–Crippen LogP) is 12.7. The molecular formula is C46H85N2O6P. The molecule has 0 spiro atoms. The van der Waals surface area contributed by atoms with Gasteiger partial charge in [0.15, 0.2) is 0 Å². The second kappa shape index (κ2) is 41.8. The van der Waals surface area contributed by atoms with Crippen molar-refractivity contribution in [1.82, 2.24) is 5.32 Å². The van der Waals surface area contributed by atoms with Gasteiger partial charge in [0.25, 0.3) is 0 Å². The molecule has 0 bridgehead atoms. The molecule has 0 rings (SSSR count). The van der Waals surface area contributed by atoms with E-state index < -0.39 is 20.0 Å². The van der Waals surface area contributed by atoms with Crippen LogP contribution in [0.25, 0.3) is 0 Å². The third-order valence-corrected chi connectivity index (χ3v) is 10.6. The van der Waals surface area contributed by atoms with Gasteiger partial charge in [-0.15, -0.1) is 0 Å². The first-order chi connectivity index (χ1) is 26.9. The molecule has 3 unspecified atom stereocenters. The molecule has 0 aliphatic heterocycles. The highest BCUT2D eigenvalue weighted by Crippen LogP contribution is 2.43. The van der Waals surface area contributed by atoms with Crippen LogP contribution in [0.3, 0.4) is 0 Å².